The van der Waals surface area contributed by atoms with Gasteiger partial charge in [0.15, 0.2) is 0 Å². The fraction of sp³-hybridized carbons (Fsp3) is 0.857. The molecule has 0 amide bonds. The van der Waals surface area contributed by atoms with Gasteiger partial charge in [-0.3, -0.25) is 4.39 Å². The molecule has 10 heavy (non-hydrogen) atoms. The first-order valence-electron chi connectivity index (χ1n) is 3.53. The molecule has 3 heteroatoms. The zero-order chi connectivity index (χ0) is 7.40. The van der Waals surface area contributed by atoms with Crippen molar-refractivity contribution in [2.24, 2.45) is 0 Å². The number of alkyl halides is 1. The molecule has 58 valence electrons. The molecule has 1 fully saturated rings. The molecule has 1 aliphatic rings. The van der Waals surface area contributed by atoms with E-state index in [-0.39, 0.29) is 18.9 Å². The van der Waals surface area contributed by atoms with Crippen LogP contribution in [0.25, 0.3) is 0 Å². The van der Waals surface area contributed by atoms with E-state index >= 15 is 0 Å². The Hall–Kier alpha value is -0.440. The predicted molar refractivity (Wildman–Crippen MR) is 34.6 cm³/mol. The Labute approximate surface area is 59.4 Å². The third-order valence-corrected chi connectivity index (χ3v) is 1.72. The highest BCUT2D eigenvalue weighted by atomic mass is 19.1. The predicted octanol–water partition coefficient (Wildman–Crippen LogP) is 1.09. The number of hydrogen-bond acceptors (Lipinski definition) is 2. The van der Waals surface area contributed by atoms with E-state index in [0.29, 0.717) is 6.42 Å². The van der Waals surface area contributed by atoms with Gasteiger partial charge in [0.2, 0.25) is 0 Å². The maximum atomic E-state index is 11.7. The summed E-state index contributed by atoms with van der Waals surface area (Å²) in [4.78, 5) is 10.1. The Bertz CT molecular complexity index is 116. The van der Waals surface area contributed by atoms with Gasteiger partial charge in [-0.1, -0.05) is 0 Å². The summed E-state index contributed by atoms with van der Waals surface area (Å²) in [6.45, 7) is -0.351. The van der Waals surface area contributed by atoms with Crippen LogP contribution < -0.4 is 0 Å². The van der Waals surface area contributed by atoms with Crippen LogP contribution in [0.3, 0.4) is 0 Å². The van der Waals surface area contributed by atoms with Crippen molar-refractivity contribution < 1.29 is 13.9 Å². The highest BCUT2D eigenvalue weighted by Crippen LogP contribution is 2.20. The molecule has 2 atom stereocenters. The first-order valence-corrected chi connectivity index (χ1v) is 3.53. The van der Waals surface area contributed by atoms with Crippen molar-refractivity contribution in [3.63, 3.8) is 0 Å². The molecule has 1 heterocycles. The quantitative estimate of drug-likeness (QED) is 0.557. The maximum absolute atomic E-state index is 11.7. The van der Waals surface area contributed by atoms with E-state index in [9.17, 15) is 9.18 Å². The monoisotopic (exact) mass is 146 g/mol. The van der Waals surface area contributed by atoms with Crippen LogP contribution in [0.15, 0.2) is 0 Å². The van der Waals surface area contributed by atoms with Gasteiger partial charge in [0.1, 0.15) is 12.4 Å². The van der Waals surface area contributed by atoms with Crippen molar-refractivity contribution in [3.8, 4) is 0 Å². The van der Waals surface area contributed by atoms with Crippen LogP contribution in [0.4, 0.5) is 4.39 Å². The van der Waals surface area contributed by atoms with Gasteiger partial charge in [0, 0.05) is 6.42 Å². The average molecular weight is 146 g/mol. The first kappa shape index (κ1) is 7.66. The largest absolute Gasteiger partial charge is 0.367 e. The summed E-state index contributed by atoms with van der Waals surface area (Å²) >= 11 is 0. The van der Waals surface area contributed by atoms with Gasteiger partial charge in [-0.15, -0.1) is 0 Å². The lowest BCUT2D eigenvalue weighted by Gasteiger charge is -2.06. The van der Waals surface area contributed by atoms with Gasteiger partial charge in [-0.2, -0.15) is 0 Å². The Morgan fingerprint density at radius 1 is 1.60 bits per heavy atom. The summed E-state index contributed by atoms with van der Waals surface area (Å²) in [5, 5.41) is 0. The molecule has 2 unspecified atom stereocenters. The maximum Gasteiger partial charge on any atom is 0.148 e. The first-order chi connectivity index (χ1) is 4.86. The fourth-order valence-corrected chi connectivity index (χ4v) is 1.17. The van der Waals surface area contributed by atoms with Gasteiger partial charge >= 0.3 is 0 Å². The van der Waals surface area contributed by atoms with E-state index in [1.54, 1.807) is 0 Å². The molecule has 0 aromatic carbocycles. The molecule has 0 bridgehead atoms. The van der Waals surface area contributed by atoms with Crippen LogP contribution >= 0.6 is 0 Å². The average Bonchev–Trinajstić information content (AvgIpc) is 2.37. The summed E-state index contributed by atoms with van der Waals surface area (Å²) in [6, 6.07) is 0. The number of carbonyl (C=O) groups excluding carboxylic acids is 1. The SMILES string of the molecule is O=CC1CCC(CCF)O1. The van der Waals surface area contributed by atoms with E-state index in [2.05, 4.69) is 0 Å². The summed E-state index contributed by atoms with van der Waals surface area (Å²) in [6.07, 6.45) is 2.53. The Kier molecular flexibility index (Phi) is 2.81. The molecular weight excluding hydrogens is 135 g/mol. The fourth-order valence-electron chi connectivity index (χ4n) is 1.17. The zero-order valence-electron chi connectivity index (χ0n) is 5.75. The second kappa shape index (κ2) is 3.66. The highest BCUT2D eigenvalue weighted by molar-refractivity contribution is 5.56. The summed E-state index contributed by atoms with van der Waals surface area (Å²) in [5.74, 6) is 0. The van der Waals surface area contributed by atoms with Crippen LogP contribution in [0.2, 0.25) is 0 Å². The van der Waals surface area contributed by atoms with E-state index in [0.717, 1.165) is 19.1 Å². The topological polar surface area (TPSA) is 26.3 Å². The van der Waals surface area contributed by atoms with Gasteiger partial charge in [0.25, 0.3) is 0 Å². The van der Waals surface area contributed by atoms with Gasteiger partial charge in [0.05, 0.1) is 12.8 Å². The number of halogens is 1. The molecule has 0 aromatic rings. The van der Waals surface area contributed by atoms with Crippen LogP contribution in [0.5, 0.6) is 0 Å². The minimum absolute atomic E-state index is 0.0137. The van der Waals surface area contributed by atoms with Crippen LogP contribution in [0, 0.1) is 0 Å². The number of hydrogen-bond donors (Lipinski definition) is 0. The smallest absolute Gasteiger partial charge is 0.148 e. The molecule has 0 aromatic heterocycles. The molecular formula is C7H11FO2. The number of ether oxygens (including phenoxy) is 1. The molecule has 1 saturated heterocycles. The summed E-state index contributed by atoms with van der Waals surface area (Å²) in [5.41, 5.74) is 0. The number of rotatable bonds is 3. The molecule has 0 N–H and O–H groups in total. The lowest BCUT2D eigenvalue weighted by atomic mass is 10.2. The van der Waals surface area contributed by atoms with Crippen molar-refractivity contribution in [1.29, 1.82) is 0 Å². The number of aldehydes is 1. The highest BCUT2D eigenvalue weighted by Gasteiger charge is 2.23. The molecule has 2 nitrogen and oxygen atoms in total. The van der Waals surface area contributed by atoms with Crippen molar-refractivity contribution in [2.75, 3.05) is 6.67 Å². The summed E-state index contributed by atoms with van der Waals surface area (Å²) < 4.78 is 16.9. The van der Waals surface area contributed by atoms with E-state index < -0.39 is 0 Å². The van der Waals surface area contributed by atoms with Gasteiger partial charge < -0.3 is 9.53 Å². The van der Waals surface area contributed by atoms with E-state index in [1.807, 2.05) is 0 Å². The molecule has 0 aliphatic carbocycles. The Morgan fingerprint density at radius 3 is 2.90 bits per heavy atom. The van der Waals surface area contributed by atoms with Crippen LogP contribution in [-0.2, 0) is 9.53 Å². The standard InChI is InChI=1S/C7H11FO2/c8-4-3-6-1-2-7(5-9)10-6/h5-7H,1-4H2. The van der Waals surface area contributed by atoms with Crippen molar-refractivity contribution in [3.05, 3.63) is 0 Å². The van der Waals surface area contributed by atoms with Gasteiger partial charge in [-0.05, 0) is 12.8 Å². The lowest BCUT2D eigenvalue weighted by Crippen LogP contribution is -2.12. The van der Waals surface area contributed by atoms with E-state index in [4.69, 9.17) is 4.74 Å². The molecule has 0 radical (unpaired) electrons. The minimum Gasteiger partial charge on any atom is -0.367 e. The van der Waals surface area contributed by atoms with E-state index in [1.165, 1.54) is 0 Å². The normalized spacial score (nSPS) is 32.5. The summed E-state index contributed by atoms with van der Waals surface area (Å²) in [7, 11) is 0. The third kappa shape index (κ3) is 1.77. The molecule has 0 saturated carbocycles. The Morgan fingerprint density at radius 2 is 2.40 bits per heavy atom. The second-order valence-corrected chi connectivity index (χ2v) is 2.49. The van der Waals surface area contributed by atoms with Crippen molar-refractivity contribution in [2.45, 2.75) is 31.5 Å². The Balaban J connectivity index is 2.21. The lowest BCUT2D eigenvalue weighted by molar-refractivity contribution is -0.117. The van der Waals surface area contributed by atoms with Crippen LogP contribution in [-0.4, -0.2) is 25.2 Å². The second-order valence-electron chi connectivity index (χ2n) is 2.49. The molecule has 1 rings (SSSR count). The minimum atomic E-state index is -0.351. The zero-order valence-corrected chi connectivity index (χ0v) is 5.75. The van der Waals surface area contributed by atoms with Crippen LogP contribution in [0.1, 0.15) is 19.3 Å². The molecule has 1 aliphatic heterocycles. The third-order valence-electron chi connectivity index (χ3n) is 1.72. The molecule has 0 spiro atoms. The van der Waals surface area contributed by atoms with Crippen molar-refractivity contribution in [1.82, 2.24) is 0 Å². The number of carbonyl (C=O) groups is 1. The van der Waals surface area contributed by atoms with Gasteiger partial charge in [-0.25, -0.2) is 0 Å². The van der Waals surface area contributed by atoms with Crippen molar-refractivity contribution >= 4 is 6.29 Å².